The summed E-state index contributed by atoms with van der Waals surface area (Å²) in [6.45, 7) is 9.22. The Balaban J connectivity index is 1.39. The van der Waals surface area contributed by atoms with Gasteiger partial charge in [-0.2, -0.15) is 0 Å². The molecule has 0 radical (unpaired) electrons. The van der Waals surface area contributed by atoms with Crippen molar-refractivity contribution in [3.05, 3.63) is 77.8 Å². The van der Waals surface area contributed by atoms with Crippen molar-refractivity contribution >= 4 is 24.0 Å². The minimum Gasteiger partial charge on any atom is -0.472 e. The van der Waals surface area contributed by atoms with Gasteiger partial charge in [0, 0.05) is 60.8 Å². The van der Waals surface area contributed by atoms with Crippen LogP contribution in [0.5, 0.6) is 0 Å². The highest BCUT2D eigenvalue weighted by molar-refractivity contribution is 5.87. The van der Waals surface area contributed by atoms with E-state index in [2.05, 4.69) is 19.9 Å². The lowest BCUT2D eigenvalue weighted by Gasteiger charge is -2.66. The first-order valence-electron chi connectivity index (χ1n) is 16.8. The van der Waals surface area contributed by atoms with E-state index < -0.39 is 76.9 Å². The topological polar surface area (TPSA) is 131 Å². The molecule has 1 aromatic carbocycles. The van der Waals surface area contributed by atoms with Gasteiger partial charge in [0.1, 0.15) is 18.3 Å². The molecule has 0 bridgehead atoms. The van der Waals surface area contributed by atoms with Crippen LogP contribution in [0.3, 0.4) is 0 Å². The number of ether oxygens (including phenoxy) is 5. The third kappa shape index (κ3) is 5.15. The number of fused-ring (bicyclic) bond motifs is 4. The number of benzene rings is 1. The van der Waals surface area contributed by atoms with Crippen molar-refractivity contribution < 1.29 is 47.6 Å². The molecule has 7 rings (SSSR count). The number of carbonyl (C=O) groups excluding carboxylic acids is 3. The van der Waals surface area contributed by atoms with Crippen LogP contribution in [0.2, 0.25) is 0 Å². The lowest BCUT2D eigenvalue weighted by molar-refractivity contribution is -0.261. The molecule has 3 aliphatic carbocycles. The molecule has 2 aliphatic heterocycles. The van der Waals surface area contributed by atoms with Gasteiger partial charge in [0.05, 0.1) is 31.3 Å². The van der Waals surface area contributed by atoms with Crippen LogP contribution in [0.15, 0.2) is 71.1 Å². The number of hydrogen-bond donors (Lipinski definition) is 1. The molecule has 5 aliphatic rings. The quantitative estimate of drug-likeness (QED) is 0.187. The van der Waals surface area contributed by atoms with Crippen molar-refractivity contribution in [1.82, 2.24) is 0 Å². The summed E-state index contributed by atoms with van der Waals surface area (Å²) in [5.74, 6) is -2.25. The van der Waals surface area contributed by atoms with Gasteiger partial charge in [0.2, 0.25) is 0 Å². The lowest BCUT2D eigenvalue weighted by Crippen LogP contribution is -2.72. The Morgan fingerprint density at radius 2 is 1.67 bits per heavy atom. The number of carbonyl (C=O) groups is 3. The van der Waals surface area contributed by atoms with Gasteiger partial charge in [0.25, 0.3) is 0 Å². The van der Waals surface area contributed by atoms with Crippen LogP contribution in [0.25, 0.3) is 6.08 Å². The van der Waals surface area contributed by atoms with Crippen molar-refractivity contribution in [2.75, 3.05) is 6.61 Å². The fourth-order valence-corrected chi connectivity index (χ4v) is 10.3. The molecule has 2 saturated heterocycles. The Kier molecular flexibility index (Phi) is 8.20. The Bertz CT molecular complexity index is 1610. The van der Waals surface area contributed by atoms with Gasteiger partial charge in [-0.25, -0.2) is 4.79 Å². The van der Waals surface area contributed by atoms with Gasteiger partial charge in [-0.3, -0.25) is 9.59 Å². The number of allylic oxidation sites excluding steroid dienone is 1. The Morgan fingerprint density at radius 1 is 0.938 bits per heavy atom. The standard InChI is InChI=1S/C38H44O10/c1-21(39)45-29-18-30(46-22(2)40)38(5)28-17-32(42)47-27-16-25(24-13-14-43-19-24)15-26(27)37(28,4)35(33-34(38)36(29,3)20-44-33)48-31(41)12-11-23-9-7-6-8-10-23/h6-15,19,25,27-30,32-35,42H,16-18,20H2,1-5H3. The predicted octanol–water partition coefficient (Wildman–Crippen LogP) is 5.36. The average Bonchev–Trinajstić information content (AvgIpc) is 3.78. The summed E-state index contributed by atoms with van der Waals surface area (Å²) in [6, 6.07) is 11.4. The first-order valence-corrected chi connectivity index (χ1v) is 16.8. The second-order valence-corrected chi connectivity index (χ2v) is 14.8. The molecule has 2 aromatic rings. The van der Waals surface area contributed by atoms with Gasteiger partial charge < -0.3 is 33.2 Å². The number of hydrogen-bond acceptors (Lipinski definition) is 10. The predicted molar refractivity (Wildman–Crippen MR) is 172 cm³/mol. The van der Waals surface area contributed by atoms with Crippen molar-refractivity contribution in [2.45, 2.75) is 96.6 Å². The molecule has 12 atom stereocenters. The van der Waals surface area contributed by atoms with Gasteiger partial charge in [-0.05, 0) is 41.2 Å². The van der Waals surface area contributed by atoms with E-state index in [1.54, 1.807) is 18.6 Å². The fourth-order valence-electron chi connectivity index (χ4n) is 10.3. The Labute approximate surface area is 280 Å². The van der Waals surface area contributed by atoms with Crippen LogP contribution in [-0.2, 0) is 38.1 Å². The second kappa shape index (κ2) is 12.0. The number of aliphatic hydroxyl groups is 1. The van der Waals surface area contributed by atoms with Gasteiger partial charge >= 0.3 is 17.9 Å². The first-order chi connectivity index (χ1) is 22.9. The van der Waals surface area contributed by atoms with Gasteiger partial charge in [-0.1, -0.05) is 57.2 Å². The van der Waals surface area contributed by atoms with E-state index in [4.69, 9.17) is 28.1 Å². The van der Waals surface area contributed by atoms with E-state index >= 15 is 0 Å². The van der Waals surface area contributed by atoms with Crippen LogP contribution < -0.4 is 0 Å². The molecule has 0 amide bonds. The van der Waals surface area contributed by atoms with E-state index in [0.29, 0.717) is 6.42 Å². The summed E-state index contributed by atoms with van der Waals surface area (Å²) in [4.78, 5) is 38.9. The number of esters is 3. The molecule has 10 nitrogen and oxygen atoms in total. The maximum atomic E-state index is 13.8. The van der Waals surface area contributed by atoms with Gasteiger partial charge in [-0.15, -0.1) is 0 Å². The number of rotatable bonds is 6. The summed E-state index contributed by atoms with van der Waals surface area (Å²) in [7, 11) is 0. The molecule has 1 N–H and O–H groups in total. The zero-order valence-corrected chi connectivity index (χ0v) is 28.0. The summed E-state index contributed by atoms with van der Waals surface area (Å²) in [5, 5.41) is 11.5. The van der Waals surface area contributed by atoms with E-state index in [1.807, 2.05) is 43.3 Å². The van der Waals surface area contributed by atoms with E-state index in [-0.39, 0.29) is 31.3 Å². The zero-order valence-electron chi connectivity index (χ0n) is 28.0. The van der Waals surface area contributed by atoms with Crippen molar-refractivity contribution in [3.8, 4) is 0 Å². The zero-order chi connectivity index (χ0) is 34.0. The van der Waals surface area contributed by atoms with Gasteiger partial charge in [0.15, 0.2) is 6.29 Å². The highest BCUT2D eigenvalue weighted by Crippen LogP contribution is 2.72. The first kappa shape index (κ1) is 32.8. The summed E-state index contributed by atoms with van der Waals surface area (Å²) in [5.41, 5.74) is 0.341. The molecule has 48 heavy (non-hydrogen) atoms. The molecule has 256 valence electrons. The molecule has 3 heterocycles. The Hall–Kier alpha value is -3.73. The minimum atomic E-state index is -1.13. The summed E-state index contributed by atoms with van der Waals surface area (Å²) < 4.78 is 37.2. The average molecular weight is 661 g/mol. The van der Waals surface area contributed by atoms with Crippen molar-refractivity contribution in [3.63, 3.8) is 0 Å². The smallest absolute Gasteiger partial charge is 0.331 e. The number of furan rings is 1. The highest BCUT2D eigenvalue weighted by atomic mass is 16.6. The molecular weight excluding hydrogens is 616 g/mol. The van der Waals surface area contributed by atoms with Crippen LogP contribution in [0.4, 0.5) is 0 Å². The lowest BCUT2D eigenvalue weighted by atomic mass is 9.39. The van der Waals surface area contributed by atoms with E-state index in [0.717, 1.165) is 16.7 Å². The van der Waals surface area contributed by atoms with E-state index in [9.17, 15) is 19.5 Å². The fraction of sp³-hybridized carbons (Fsp3) is 0.553. The van der Waals surface area contributed by atoms with Crippen LogP contribution in [0.1, 0.15) is 70.9 Å². The van der Waals surface area contributed by atoms with Crippen LogP contribution in [0, 0.1) is 28.1 Å². The summed E-state index contributed by atoms with van der Waals surface area (Å²) >= 11 is 0. The SMILES string of the molecule is CC(=O)OC1CC(OC(C)=O)C2(C)C3C(OCC13C)C(OC(=O)C=Cc1ccccc1)C1(C)C3=CC(c4ccoc4)CC3OC(O)CC12. The van der Waals surface area contributed by atoms with Crippen molar-refractivity contribution in [2.24, 2.45) is 28.1 Å². The van der Waals surface area contributed by atoms with Crippen LogP contribution in [-0.4, -0.2) is 66.4 Å². The maximum absolute atomic E-state index is 13.8. The second-order valence-electron chi connectivity index (χ2n) is 14.8. The Morgan fingerprint density at radius 3 is 2.35 bits per heavy atom. The normalized spacial score (nSPS) is 41.4. The third-order valence-electron chi connectivity index (χ3n) is 12.1. The molecule has 2 saturated carbocycles. The summed E-state index contributed by atoms with van der Waals surface area (Å²) in [6.07, 6.45) is 5.38. The maximum Gasteiger partial charge on any atom is 0.331 e. The molecule has 4 fully saturated rings. The number of aliphatic hydroxyl groups excluding tert-OH is 1. The molecule has 0 spiro atoms. The molecule has 10 heteroatoms. The largest absolute Gasteiger partial charge is 0.472 e. The minimum absolute atomic E-state index is 0.0508. The highest BCUT2D eigenvalue weighted by Gasteiger charge is 2.77. The van der Waals surface area contributed by atoms with Crippen molar-refractivity contribution in [1.29, 1.82) is 0 Å². The molecule has 12 unspecified atom stereocenters. The van der Waals surface area contributed by atoms with E-state index in [1.165, 1.54) is 19.9 Å². The molecular formula is C38H44O10. The monoisotopic (exact) mass is 660 g/mol. The third-order valence-corrected chi connectivity index (χ3v) is 12.1. The van der Waals surface area contributed by atoms with Crippen LogP contribution >= 0.6 is 0 Å². The molecule has 1 aromatic heterocycles.